The second-order valence-corrected chi connectivity index (χ2v) is 4.38. The van der Waals surface area contributed by atoms with Crippen LogP contribution in [0.3, 0.4) is 0 Å². The molecule has 0 saturated carbocycles. The summed E-state index contributed by atoms with van der Waals surface area (Å²) in [4.78, 5) is 12.0. The SMILES string of the molecule is CCOCCOc1cc(C(=O)Cl)ccc1SC. The van der Waals surface area contributed by atoms with Gasteiger partial charge < -0.3 is 9.47 Å². The average Bonchev–Trinajstić information content (AvgIpc) is 2.34. The van der Waals surface area contributed by atoms with Gasteiger partial charge in [-0.3, -0.25) is 4.79 Å². The maximum atomic E-state index is 11.1. The molecule has 1 aromatic carbocycles. The van der Waals surface area contributed by atoms with Crippen molar-refractivity contribution >= 4 is 28.6 Å². The van der Waals surface area contributed by atoms with Crippen LogP contribution in [0.25, 0.3) is 0 Å². The van der Waals surface area contributed by atoms with E-state index in [2.05, 4.69) is 0 Å². The van der Waals surface area contributed by atoms with E-state index in [-0.39, 0.29) is 0 Å². The van der Waals surface area contributed by atoms with Crippen LogP contribution in [0.4, 0.5) is 0 Å². The largest absolute Gasteiger partial charge is 0.490 e. The summed E-state index contributed by atoms with van der Waals surface area (Å²) in [6.07, 6.45) is 1.95. The van der Waals surface area contributed by atoms with Crippen LogP contribution in [-0.2, 0) is 4.74 Å². The molecule has 94 valence electrons. The Balaban J connectivity index is 2.72. The fraction of sp³-hybridized carbons (Fsp3) is 0.417. The fourth-order valence-electron chi connectivity index (χ4n) is 1.27. The number of ether oxygens (including phenoxy) is 2. The van der Waals surface area contributed by atoms with Crippen LogP contribution in [0, 0.1) is 0 Å². The first-order valence-electron chi connectivity index (χ1n) is 5.27. The minimum atomic E-state index is -0.479. The summed E-state index contributed by atoms with van der Waals surface area (Å²) in [6, 6.07) is 5.18. The molecule has 0 unspecified atom stereocenters. The Morgan fingerprint density at radius 2 is 2.18 bits per heavy atom. The van der Waals surface area contributed by atoms with Gasteiger partial charge in [0.25, 0.3) is 5.24 Å². The Labute approximate surface area is 110 Å². The van der Waals surface area contributed by atoms with Gasteiger partial charge in [0.2, 0.25) is 0 Å². The second-order valence-electron chi connectivity index (χ2n) is 3.18. The lowest BCUT2D eigenvalue weighted by atomic mass is 10.2. The molecule has 0 atom stereocenters. The van der Waals surface area contributed by atoms with E-state index in [1.54, 1.807) is 23.9 Å². The predicted molar refractivity (Wildman–Crippen MR) is 70.4 cm³/mol. The van der Waals surface area contributed by atoms with E-state index >= 15 is 0 Å². The smallest absolute Gasteiger partial charge is 0.252 e. The lowest BCUT2D eigenvalue weighted by Crippen LogP contribution is -2.07. The van der Waals surface area contributed by atoms with E-state index in [0.717, 1.165) is 4.90 Å². The summed E-state index contributed by atoms with van der Waals surface area (Å²) in [5.74, 6) is 0.670. The zero-order valence-corrected chi connectivity index (χ0v) is 11.4. The zero-order chi connectivity index (χ0) is 12.7. The summed E-state index contributed by atoms with van der Waals surface area (Å²) in [7, 11) is 0. The Morgan fingerprint density at radius 3 is 2.76 bits per heavy atom. The van der Waals surface area contributed by atoms with Gasteiger partial charge in [-0.05, 0) is 43.0 Å². The first-order valence-corrected chi connectivity index (χ1v) is 6.87. The molecule has 1 rings (SSSR count). The maximum absolute atomic E-state index is 11.1. The van der Waals surface area contributed by atoms with Gasteiger partial charge in [-0.15, -0.1) is 11.8 Å². The highest BCUT2D eigenvalue weighted by Crippen LogP contribution is 2.29. The number of rotatable bonds is 7. The van der Waals surface area contributed by atoms with Gasteiger partial charge >= 0.3 is 0 Å². The molecule has 0 amide bonds. The van der Waals surface area contributed by atoms with Crippen LogP contribution in [-0.4, -0.2) is 31.3 Å². The van der Waals surface area contributed by atoms with Crippen molar-refractivity contribution in [3.05, 3.63) is 23.8 Å². The van der Waals surface area contributed by atoms with Crippen LogP contribution in [0.2, 0.25) is 0 Å². The van der Waals surface area contributed by atoms with Crippen LogP contribution in [0.15, 0.2) is 23.1 Å². The van der Waals surface area contributed by atoms with E-state index in [4.69, 9.17) is 21.1 Å². The van der Waals surface area contributed by atoms with E-state index in [1.165, 1.54) is 0 Å². The molecular weight excluding hydrogens is 260 g/mol. The molecule has 0 aliphatic rings. The molecule has 0 fully saturated rings. The van der Waals surface area contributed by atoms with Gasteiger partial charge in [0.1, 0.15) is 12.4 Å². The summed E-state index contributed by atoms with van der Waals surface area (Å²) in [5.41, 5.74) is 0.441. The normalized spacial score (nSPS) is 10.3. The summed E-state index contributed by atoms with van der Waals surface area (Å²) in [5, 5.41) is -0.479. The topological polar surface area (TPSA) is 35.5 Å². The van der Waals surface area contributed by atoms with Gasteiger partial charge in [0, 0.05) is 17.1 Å². The third-order valence-electron chi connectivity index (χ3n) is 2.08. The summed E-state index contributed by atoms with van der Waals surface area (Å²) < 4.78 is 10.7. The van der Waals surface area contributed by atoms with Crippen molar-refractivity contribution in [1.29, 1.82) is 0 Å². The van der Waals surface area contributed by atoms with Crippen molar-refractivity contribution in [3.63, 3.8) is 0 Å². The van der Waals surface area contributed by atoms with Gasteiger partial charge in [0.05, 0.1) is 6.61 Å². The highest BCUT2D eigenvalue weighted by molar-refractivity contribution is 7.98. The number of carbonyl (C=O) groups is 1. The highest BCUT2D eigenvalue weighted by atomic mass is 35.5. The van der Waals surface area contributed by atoms with Gasteiger partial charge in [-0.2, -0.15) is 0 Å². The minimum absolute atomic E-state index is 0.441. The van der Waals surface area contributed by atoms with Crippen LogP contribution in [0.5, 0.6) is 5.75 Å². The maximum Gasteiger partial charge on any atom is 0.252 e. The quantitative estimate of drug-likeness (QED) is 0.435. The molecule has 0 aliphatic heterocycles. The molecular formula is C12H15ClO3S. The Bertz CT molecular complexity index is 382. The average molecular weight is 275 g/mol. The number of hydrogen-bond acceptors (Lipinski definition) is 4. The first kappa shape index (κ1) is 14.4. The standard InChI is InChI=1S/C12H15ClO3S/c1-3-15-6-7-16-10-8-9(12(13)14)4-5-11(10)17-2/h4-5,8H,3,6-7H2,1-2H3. The third kappa shape index (κ3) is 4.58. The third-order valence-corrected chi connectivity index (χ3v) is 3.08. The molecule has 3 nitrogen and oxygen atoms in total. The van der Waals surface area contributed by atoms with Gasteiger partial charge in [-0.25, -0.2) is 0 Å². The Hall–Kier alpha value is -0.710. The molecule has 0 radical (unpaired) electrons. The number of carbonyl (C=O) groups excluding carboxylic acids is 1. The van der Waals surface area contributed by atoms with Gasteiger partial charge in [0.15, 0.2) is 0 Å². The molecule has 0 bridgehead atoms. The van der Waals surface area contributed by atoms with Crippen molar-refractivity contribution in [2.45, 2.75) is 11.8 Å². The van der Waals surface area contributed by atoms with E-state index in [0.29, 0.717) is 31.1 Å². The molecule has 1 aromatic rings. The fourth-order valence-corrected chi connectivity index (χ4v) is 1.91. The van der Waals surface area contributed by atoms with Crippen molar-refractivity contribution < 1.29 is 14.3 Å². The summed E-state index contributed by atoms with van der Waals surface area (Å²) >= 11 is 6.99. The number of halogens is 1. The molecule has 17 heavy (non-hydrogen) atoms. The number of hydrogen-bond donors (Lipinski definition) is 0. The molecule has 5 heteroatoms. The number of thioether (sulfide) groups is 1. The van der Waals surface area contributed by atoms with Crippen LogP contribution in [0.1, 0.15) is 17.3 Å². The molecule has 0 heterocycles. The van der Waals surface area contributed by atoms with E-state index in [9.17, 15) is 4.79 Å². The van der Waals surface area contributed by atoms with Crippen molar-refractivity contribution in [2.75, 3.05) is 26.1 Å². The number of benzene rings is 1. The minimum Gasteiger partial charge on any atom is -0.490 e. The van der Waals surface area contributed by atoms with E-state index in [1.807, 2.05) is 19.2 Å². The lowest BCUT2D eigenvalue weighted by Gasteiger charge is -2.10. The molecule has 0 aliphatic carbocycles. The van der Waals surface area contributed by atoms with Crippen molar-refractivity contribution in [3.8, 4) is 5.75 Å². The van der Waals surface area contributed by atoms with Crippen LogP contribution < -0.4 is 4.74 Å². The second kappa shape index (κ2) is 7.58. The first-order chi connectivity index (χ1) is 8.19. The van der Waals surface area contributed by atoms with Crippen molar-refractivity contribution in [2.24, 2.45) is 0 Å². The molecule has 0 aromatic heterocycles. The molecule has 0 spiro atoms. The zero-order valence-electron chi connectivity index (χ0n) is 9.86. The molecule has 0 saturated heterocycles. The van der Waals surface area contributed by atoms with Crippen molar-refractivity contribution in [1.82, 2.24) is 0 Å². The monoisotopic (exact) mass is 274 g/mol. The predicted octanol–water partition coefficient (Wildman–Crippen LogP) is 3.20. The highest BCUT2D eigenvalue weighted by Gasteiger charge is 2.08. The Morgan fingerprint density at radius 1 is 1.41 bits per heavy atom. The summed E-state index contributed by atoms with van der Waals surface area (Å²) in [6.45, 7) is 3.59. The Kier molecular flexibility index (Phi) is 6.40. The lowest BCUT2D eigenvalue weighted by molar-refractivity contribution is 0.107. The molecule has 0 N–H and O–H groups in total. The van der Waals surface area contributed by atoms with Crippen LogP contribution >= 0.6 is 23.4 Å². The van der Waals surface area contributed by atoms with Gasteiger partial charge in [-0.1, -0.05) is 0 Å². The van der Waals surface area contributed by atoms with E-state index < -0.39 is 5.24 Å².